The summed E-state index contributed by atoms with van der Waals surface area (Å²) in [6.45, 7) is 2.51. The first-order valence-corrected chi connectivity index (χ1v) is 15.6. The van der Waals surface area contributed by atoms with E-state index in [1.165, 1.54) is 28.5 Å². The van der Waals surface area contributed by atoms with E-state index in [-0.39, 0.29) is 59.8 Å². The second-order valence-corrected chi connectivity index (χ2v) is 11.8. The molecule has 49 heavy (non-hydrogen) atoms. The highest BCUT2D eigenvalue weighted by molar-refractivity contribution is 6.31. The first-order valence-electron chi connectivity index (χ1n) is 15.2. The number of carbonyl (C=O) groups is 1. The van der Waals surface area contributed by atoms with E-state index in [2.05, 4.69) is 9.97 Å². The molecule has 0 aliphatic carbocycles. The van der Waals surface area contributed by atoms with E-state index in [0.29, 0.717) is 35.0 Å². The van der Waals surface area contributed by atoms with Crippen molar-refractivity contribution in [3.8, 4) is 22.9 Å². The Balaban J connectivity index is 1.33. The lowest BCUT2D eigenvalue weighted by atomic mass is 10.00. The molecule has 1 saturated heterocycles. The number of halogens is 4. The maximum Gasteiger partial charge on any atom is 0.418 e. The molecule has 5 aromatic rings. The Kier molecular flexibility index (Phi) is 9.16. The van der Waals surface area contributed by atoms with E-state index in [4.69, 9.17) is 16.3 Å². The van der Waals surface area contributed by atoms with Crippen molar-refractivity contribution in [2.24, 2.45) is 0 Å². The Morgan fingerprint density at radius 3 is 2.49 bits per heavy atom. The number of aromatic nitrogens is 3. The average molecular weight is 689 g/mol. The molecule has 3 aromatic carbocycles. The monoisotopic (exact) mass is 688 g/mol. The zero-order valence-electron chi connectivity index (χ0n) is 26.0. The van der Waals surface area contributed by atoms with Crippen LogP contribution in [-0.4, -0.2) is 58.4 Å². The number of anilines is 2. The van der Waals surface area contributed by atoms with Crippen molar-refractivity contribution in [1.82, 2.24) is 14.5 Å². The van der Waals surface area contributed by atoms with E-state index in [1.807, 2.05) is 17.0 Å². The highest BCUT2D eigenvalue weighted by Crippen LogP contribution is 2.42. The van der Waals surface area contributed by atoms with Gasteiger partial charge in [0.25, 0.3) is 5.56 Å². The molecule has 1 N–H and O–H groups in total. The van der Waals surface area contributed by atoms with Crippen molar-refractivity contribution in [1.29, 1.82) is 5.26 Å². The van der Waals surface area contributed by atoms with Gasteiger partial charge in [0.1, 0.15) is 24.3 Å². The number of carboxylic acids is 1. The van der Waals surface area contributed by atoms with Crippen LogP contribution in [0, 0.1) is 18.3 Å². The minimum atomic E-state index is -4.81. The molecule has 0 radical (unpaired) electrons. The lowest BCUT2D eigenvalue weighted by Gasteiger charge is -2.38. The van der Waals surface area contributed by atoms with Crippen molar-refractivity contribution in [3.05, 3.63) is 111 Å². The maximum absolute atomic E-state index is 14.5. The molecular formula is C35H28ClF3N6O4. The van der Waals surface area contributed by atoms with Crippen LogP contribution in [0.5, 0.6) is 5.75 Å². The van der Waals surface area contributed by atoms with Crippen LogP contribution in [0.4, 0.5) is 24.5 Å². The quantitative estimate of drug-likeness (QED) is 0.197. The Bertz CT molecular complexity index is 2160. The fraction of sp³-hybridized carbons (Fsp3) is 0.229. The molecule has 1 aliphatic rings. The molecule has 0 spiro atoms. The normalized spacial score (nSPS) is 13.4. The third-order valence-electron chi connectivity index (χ3n) is 8.37. The van der Waals surface area contributed by atoms with Crippen molar-refractivity contribution in [3.63, 3.8) is 0 Å². The number of carboxylic acid groups (broad SMARTS) is 1. The van der Waals surface area contributed by atoms with Gasteiger partial charge in [-0.05, 0) is 61.0 Å². The highest BCUT2D eigenvalue weighted by Gasteiger charge is 2.39. The summed E-state index contributed by atoms with van der Waals surface area (Å²) < 4.78 is 50.9. The number of benzene rings is 3. The summed E-state index contributed by atoms with van der Waals surface area (Å²) in [7, 11) is 0. The zero-order valence-corrected chi connectivity index (χ0v) is 26.8. The predicted molar refractivity (Wildman–Crippen MR) is 178 cm³/mol. The van der Waals surface area contributed by atoms with Crippen LogP contribution >= 0.6 is 11.6 Å². The van der Waals surface area contributed by atoms with Gasteiger partial charge in [0.05, 0.1) is 51.7 Å². The lowest BCUT2D eigenvalue weighted by molar-refractivity contribution is -0.137. The SMILES string of the molecule is Cc1nc2cc(C(F)(F)F)c(N3CCN(c4cccnc4)CC3)c(C#N)c2c(=O)n1CCOc1ccc(Cl)cc1-c1cccc(C(=O)O)c1. The van der Waals surface area contributed by atoms with E-state index in [0.717, 1.165) is 11.8 Å². The molecule has 0 unspecified atom stereocenters. The third kappa shape index (κ3) is 6.73. The molecule has 1 aliphatic heterocycles. The van der Waals surface area contributed by atoms with Crippen molar-refractivity contribution >= 4 is 39.8 Å². The molecule has 10 nitrogen and oxygen atoms in total. The molecule has 3 heterocycles. The molecule has 0 amide bonds. The number of aromatic carboxylic acids is 1. The van der Waals surface area contributed by atoms with E-state index in [1.54, 1.807) is 48.8 Å². The Labute approximate surface area is 283 Å². The second kappa shape index (κ2) is 13.5. The van der Waals surface area contributed by atoms with Crippen LogP contribution in [-0.2, 0) is 12.7 Å². The number of aryl methyl sites for hydroxylation is 1. The summed E-state index contributed by atoms with van der Waals surface area (Å²) in [5, 5.41) is 19.9. The number of hydrogen-bond donors (Lipinski definition) is 1. The third-order valence-corrected chi connectivity index (χ3v) is 8.60. The summed E-state index contributed by atoms with van der Waals surface area (Å²) in [4.78, 5) is 37.5. The molecule has 6 rings (SSSR count). The van der Waals surface area contributed by atoms with Crippen molar-refractivity contribution in [2.45, 2.75) is 19.6 Å². The van der Waals surface area contributed by atoms with Crippen LogP contribution in [0.2, 0.25) is 5.02 Å². The Hall–Kier alpha value is -5.61. The minimum absolute atomic E-state index is 0.0458. The number of fused-ring (bicyclic) bond motifs is 1. The van der Waals surface area contributed by atoms with Gasteiger partial charge in [0.15, 0.2) is 0 Å². The molecular weight excluding hydrogens is 661 g/mol. The molecule has 1 fully saturated rings. The van der Waals surface area contributed by atoms with Crippen LogP contribution in [0.3, 0.4) is 0 Å². The van der Waals surface area contributed by atoms with Gasteiger partial charge < -0.3 is 19.6 Å². The lowest BCUT2D eigenvalue weighted by Crippen LogP contribution is -2.47. The van der Waals surface area contributed by atoms with Gasteiger partial charge in [-0.1, -0.05) is 23.7 Å². The molecule has 0 atom stereocenters. The molecule has 250 valence electrons. The summed E-state index contributed by atoms with van der Waals surface area (Å²) in [5.74, 6) is -0.590. The number of nitrogens with zero attached hydrogens (tertiary/aromatic N) is 6. The molecule has 0 bridgehead atoms. The summed E-state index contributed by atoms with van der Waals surface area (Å²) >= 11 is 6.24. The standard InChI is InChI=1S/C35H28ClF3N6O4/c1-21-42-29-18-28(35(37,38)39)32(44-12-10-43(11-13-44)25-6-3-9-41-20-25)27(19-40)31(29)33(46)45(21)14-15-49-30-8-7-24(36)17-26(30)22-4-2-5-23(16-22)34(47)48/h2-9,16-18,20H,10-15H2,1H3,(H,47,48). The minimum Gasteiger partial charge on any atom is -0.491 e. The van der Waals surface area contributed by atoms with Crippen LogP contribution in [0.25, 0.3) is 22.0 Å². The first-order chi connectivity index (χ1) is 23.5. The summed E-state index contributed by atoms with van der Waals surface area (Å²) in [5.41, 5.74) is -0.663. The Morgan fingerprint density at radius 1 is 1.06 bits per heavy atom. The van der Waals surface area contributed by atoms with Gasteiger partial charge >= 0.3 is 12.1 Å². The number of rotatable bonds is 8. The fourth-order valence-electron chi connectivity index (χ4n) is 6.05. The molecule has 2 aromatic heterocycles. The van der Waals surface area contributed by atoms with Crippen molar-refractivity contribution < 1.29 is 27.8 Å². The number of pyridine rings is 1. The first kappa shape index (κ1) is 33.3. The van der Waals surface area contributed by atoms with Crippen LogP contribution in [0.1, 0.15) is 27.3 Å². The highest BCUT2D eigenvalue weighted by atomic mass is 35.5. The van der Waals surface area contributed by atoms with Crippen molar-refractivity contribution in [2.75, 3.05) is 42.6 Å². The molecule has 0 saturated carbocycles. The van der Waals surface area contributed by atoms with Gasteiger partial charge in [-0.2, -0.15) is 18.4 Å². The van der Waals surface area contributed by atoms with E-state index >= 15 is 0 Å². The average Bonchev–Trinajstić information content (AvgIpc) is 3.09. The number of hydrogen-bond acceptors (Lipinski definition) is 8. The maximum atomic E-state index is 14.5. The van der Waals surface area contributed by atoms with E-state index < -0.39 is 23.3 Å². The second-order valence-electron chi connectivity index (χ2n) is 11.3. The Morgan fingerprint density at radius 2 is 1.82 bits per heavy atom. The van der Waals surface area contributed by atoms with Gasteiger partial charge in [-0.15, -0.1) is 0 Å². The smallest absolute Gasteiger partial charge is 0.418 e. The number of ether oxygens (including phenoxy) is 1. The topological polar surface area (TPSA) is 125 Å². The van der Waals surface area contributed by atoms with Gasteiger partial charge in [0.2, 0.25) is 0 Å². The van der Waals surface area contributed by atoms with Crippen LogP contribution < -0.4 is 20.1 Å². The number of piperazine rings is 1. The molecule has 14 heteroatoms. The van der Waals surface area contributed by atoms with E-state index in [9.17, 15) is 33.1 Å². The van der Waals surface area contributed by atoms with Gasteiger partial charge in [-0.25, -0.2) is 9.78 Å². The summed E-state index contributed by atoms with van der Waals surface area (Å²) in [6.07, 6.45) is -1.50. The number of nitriles is 1. The summed E-state index contributed by atoms with van der Waals surface area (Å²) in [6, 6.07) is 17.5. The van der Waals surface area contributed by atoms with Crippen LogP contribution in [0.15, 0.2) is 77.9 Å². The zero-order chi connectivity index (χ0) is 34.9. The predicted octanol–water partition coefficient (Wildman–Crippen LogP) is 6.41. The largest absolute Gasteiger partial charge is 0.491 e. The fourth-order valence-corrected chi connectivity index (χ4v) is 6.22. The van der Waals surface area contributed by atoms with Gasteiger partial charge in [-0.3, -0.25) is 14.3 Å². The number of alkyl halides is 3. The van der Waals surface area contributed by atoms with Gasteiger partial charge in [0, 0.05) is 43.0 Å².